The quantitative estimate of drug-likeness (QED) is 0.859. The second-order valence-corrected chi connectivity index (χ2v) is 4.43. The summed E-state index contributed by atoms with van der Waals surface area (Å²) in [5, 5.41) is 3.95. The van der Waals surface area contributed by atoms with Crippen LogP contribution >= 0.6 is 12.4 Å². The smallest absolute Gasteiger partial charge is 0.231 e. The van der Waals surface area contributed by atoms with E-state index in [4.69, 9.17) is 10.3 Å². The molecule has 1 aromatic heterocycles. The van der Waals surface area contributed by atoms with Gasteiger partial charge in [-0.25, -0.2) is 0 Å². The summed E-state index contributed by atoms with van der Waals surface area (Å²) in [4.78, 5) is 15.0. The van der Waals surface area contributed by atoms with Crippen LogP contribution in [0, 0.1) is 13.8 Å². The van der Waals surface area contributed by atoms with Crippen molar-refractivity contribution in [2.75, 3.05) is 37.6 Å². The number of amides is 1. The van der Waals surface area contributed by atoms with Gasteiger partial charge in [-0.2, -0.15) is 0 Å². The Kier molecular flexibility index (Phi) is 4.98. The molecule has 0 unspecified atom stereocenters. The maximum Gasteiger partial charge on any atom is 0.231 e. The number of aryl methyl sites for hydroxylation is 1. The van der Waals surface area contributed by atoms with E-state index < -0.39 is 0 Å². The van der Waals surface area contributed by atoms with Gasteiger partial charge in [0, 0.05) is 31.7 Å². The number of hydrogen-bond donors (Lipinski definition) is 1. The number of aromatic nitrogens is 1. The number of halogens is 1. The highest BCUT2D eigenvalue weighted by atomic mass is 35.5. The summed E-state index contributed by atoms with van der Waals surface area (Å²) < 4.78 is 5.32. The molecule has 1 aliphatic rings. The Hall–Kier alpha value is -1.27. The Morgan fingerprint density at radius 3 is 2.39 bits per heavy atom. The van der Waals surface area contributed by atoms with E-state index in [1.165, 1.54) is 0 Å². The topological polar surface area (TPSA) is 75.6 Å². The number of piperazine rings is 1. The lowest BCUT2D eigenvalue weighted by atomic mass is 10.2. The second kappa shape index (κ2) is 6.06. The van der Waals surface area contributed by atoms with E-state index in [0.29, 0.717) is 6.54 Å². The van der Waals surface area contributed by atoms with Gasteiger partial charge in [0.25, 0.3) is 0 Å². The molecular weight excluding hydrogens is 256 g/mol. The monoisotopic (exact) mass is 274 g/mol. The number of carbonyl (C=O) groups excluding carboxylic acids is 1. The van der Waals surface area contributed by atoms with Crippen LogP contribution in [0.5, 0.6) is 0 Å². The molecule has 18 heavy (non-hydrogen) atoms. The van der Waals surface area contributed by atoms with Gasteiger partial charge in [-0.05, 0) is 13.8 Å². The molecule has 0 bridgehead atoms. The Morgan fingerprint density at radius 1 is 1.33 bits per heavy atom. The van der Waals surface area contributed by atoms with Crippen molar-refractivity contribution in [2.24, 2.45) is 5.73 Å². The summed E-state index contributed by atoms with van der Waals surface area (Å²) in [5.74, 6) is 0.575. The van der Waals surface area contributed by atoms with Gasteiger partial charge in [-0.15, -0.1) is 12.4 Å². The fraction of sp³-hybridized carbons (Fsp3) is 0.636. The van der Waals surface area contributed by atoms with Gasteiger partial charge in [0.15, 0.2) is 0 Å². The average Bonchev–Trinajstić information content (AvgIpc) is 2.60. The highest BCUT2D eigenvalue weighted by Gasteiger charge is 2.22. The Balaban J connectivity index is 0.00000162. The first kappa shape index (κ1) is 14.8. The highest BCUT2D eigenvalue weighted by Crippen LogP contribution is 2.23. The van der Waals surface area contributed by atoms with Crippen LogP contribution in [-0.2, 0) is 4.79 Å². The molecule has 0 aromatic carbocycles. The van der Waals surface area contributed by atoms with E-state index in [1.54, 1.807) is 0 Å². The number of nitrogens with zero attached hydrogens (tertiary/aromatic N) is 3. The first-order valence-electron chi connectivity index (χ1n) is 5.76. The lowest BCUT2D eigenvalue weighted by Crippen LogP contribution is -2.49. The summed E-state index contributed by atoms with van der Waals surface area (Å²) in [6.07, 6.45) is 0. The number of rotatable bonds is 3. The SMILES string of the molecule is Cc1noc(N2CCN(CC(N)=O)CC2)c1C.Cl. The van der Waals surface area contributed by atoms with E-state index in [1.807, 2.05) is 13.8 Å². The van der Waals surface area contributed by atoms with Crippen LogP contribution in [-0.4, -0.2) is 48.7 Å². The van der Waals surface area contributed by atoms with Crippen LogP contribution < -0.4 is 10.6 Å². The van der Waals surface area contributed by atoms with Gasteiger partial charge in [0.05, 0.1) is 12.2 Å². The third-order valence-electron chi connectivity index (χ3n) is 3.17. The van der Waals surface area contributed by atoms with Crippen molar-refractivity contribution in [1.29, 1.82) is 0 Å². The molecule has 0 radical (unpaired) electrons. The maximum atomic E-state index is 10.8. The number of nitrogens with two attached hydrogens (primary N) is 1. The van der Waals surface area contributed by atoms with Gasteiger partial charge < -0.3 is 15.2 Å². The fourth-order valence-electron chi connectivity index (χ4n) is 2.03. The predicted octanol–water partition coefficient (Wildman–Crippen LogP) is 0.321. The summed E-state index contributed by atoms with van der Waals surface area (Å²) in [6, 6.07) is 0. The molecule has 1 amide bonds. The van der Waals surface area contributed by atoms with Crippen molar-refractivity contribution in [3.05, 3.63) is 11.3 Å². The van der Waals surface area contributed by atoms with Crippen LogP contribution in [0.3, 0.4) is 0 Å². The average molecular weight is 275 g/mol. The summed E-state index contributed by atoms with van der Waals surface area (Å²) in [5.41, 5.74) is 7.20. The minimum absolute atomic E-state index is 0. The molecule has 1 fully saturated rings. The van der Waals surface area contributed by atoms with E-state index in [-0.39, 0.29) is 18.3 Å². The summed E-state index contributed by atoms with van der Waals surface area (Å²) in [7, 11) is 0. The third-order valence-corrected chi connectivity index (χ3v) is 3.17. The molecule has 7 heteroatoms. The standard InChI is InChI=1S/C11H18N4O2.ClH/c1-8-9(2)13-17-11(8)15-5-3-14(4-6-15)7-10(12)16;/h3-7H2,1-2H3,(H2,12,16);1H. The first-order valence-corrected chi connectivity index (χ1v) is 5.76. The zero-order chi connectivity index (χ0) is 12.4. The molecule has 1 aromatic rings. The van der Waals surface area contributed by atoms with E-state index in [2.05, 4.69) is 15.0 Å². The van der Waals surface area contributed by atoms with Crippen LogP contribution in [0.25, 0.3) is 0 Å². The third kappa shape index (κ3) is 3.14. The van der Waals surface area contributed by atoms with Crippen molar-refractivity contribution in [1.82, 2.24) is 10.1 Å². The molecular formula is C11H19ClN4O2. The summed E-state index contributed by atoms with van der Waals surface area (Å²) in [6.45, 7) is 7.60. The molecule has 1 saturated heterocycles. The normalized spacial score (nSPS) is 16.4. The van der Waals surface area contributed by atoms with E-state index in [0.717, 1.165) is 43.3 Å². The van der Waals surface area contributed by atoms with Gasteiger partial charge in [-0.3, -0.25) is 9.69 Å². The molecule has 0 spiro atoms. The van der Waals surface area contributed by atoms with Gasteiger partial charge in [0.2, 0.25) is 11.8 Å². The van der Waals surface area contributed by atoms with Gasteiger partial charge in [-0.1, -0.05) is 5.16 Å². The van der Waals surface area contributed by atoms with Crippen molar-refractivity contribution in [2.45, 2.75) is 13.8 Å². The maximum absolute atomic E-state index is 10.8. The fourth-order valence-corrected chi connectivity index (χ4v) is 2.03. The molecule has 1 aliphatic heterocycles. The van der Waals surface area contributed by atoms with Crippen LogP contribution in [0.1, 0.15) is 11.3 Å². The zero-order valence-electron chi connectivity index (χ0n) is 10.7. The van der Waals surface area contributed by atoms with Crippen LogP contribution in [0.4, 0.5) is 5.88 Å². The summed E-state index contributed by atoms with van der Waals surface area (Å²) >= 11 is 0. The molecule has 102 valence electrons. The van der Waals surface area contributed by atoms with Crippen LogP contribution in [0.2, 0.25) is 0 Å². The number of primary amides is 1. The number of anilines is 1. The first-order chi connectivity index (χ1) is 8.08. The van der Waals surface area contributed by atoms with E-state index in [9.17, 15) is 4.79 Å². The minimum Gasteiger partial charge on any atom is -0.369 e. The van der Waals surface area contributed by atoms with Crippen molar-refractivity contribution in [3.8, 4) is 0 Å². The molecule has 2 heterocycles. The van der Waals surface area contributed by atoms with Crippen molar-refractivity contribution < 1.29 is 9.32 Å². The molecule has 0 atom stereocenters. The van der Waals surface area contributed by atoms with Crippen molar-refractivity contribution in [3.63, 3.8) is 0 Å². The van der Waals surface area contributed by atoms with Crippen molar-refractivity contribution >= 4 is 24.2 Å². The molecule has 2 N–H and O–H groups in total. The zero-order valence-corrected chi connectivity index (χ0v) is 11.5. The number of carbonyl (C=O) groups is 1. The second-order valence-electron chi connectivity index (χ2n) is 4.43. The predicted molar refractivity (Wildman–Crippen MR) is 71.1 cm³/mol. The largest absolute Gasteiger partial charge is 0.369 e. The van der Waals surface area contributed by atoms with Crippen LogP contribution in [0.15, 0.2) is 4.52 Å². The molecule has 0 aliphatic carbocycles. The Bertz CT molecular complexity index is 413. The Morgan fingerprint density at radius 2 is 1.94 bits per heavy atom. The highest BCUT2D eigenvalue weighted by molar-refractivity contribution is 5.85. The van der Waals surface area contributed by atoms with Gasteiger partial charge >= 0.3 is 0 Å². The number of hydrogen-bond acceptors (Lipinski definition) is 5. The van der Waals surface area contributed by atoms with E-state index >= 15 is 0 Å². The Labute approximate surface area is 112 Å². The lowest BCUT2D eigenvalue weighted by Gasteiger charge is -2.33. The minimum atomic E-state index is -0.273. The molecule has 6 nitrogen and oxygen atoms in total. The van der Waals surface area contributed by atoms with Gasteiger partial charge in [0.1, 0.15) is 0 Å². The molecule has 2 rings (SSSR count). The lowest BCUT2D eigenvalue weighted by molar-refractivity contribution is -0.119. The molecule has 0 saturated carbocycles.